The summed E-state index contributed by atoms with van der Waals surface area (Å²) >= 11 is 0. The van der Waals surface area contributed by atoms with E-state index in [4.69, 9.17) is 24.0 Å². The molecule has 9 nitrogen and oxygen atoms in total. The van der Waals surface area contributed by atoms with Gasteiger partial charge in [0.25, 0.3) is 5.91 Å². The summed E-state index contributed by atoms with van der Waals surface area (Å²) in [6.07, 6.45) is 0.338. The van der Waals surface area contributed by atoms with Crippen LogP contribution >= 0.6 is 0 Å². The number of ether oxygens (including phenoxy) is 4. The van der Waals surface area contributed by atoms with Crippen LogP contribution in [0.25, 0.3) is 0 Å². The molecule has 3 heterocycles. The monoisotopic (exact) mass is 507 g/mol. The molecule has 4 atom stereocenters. The number of nitrogens with one attached hydrogen (secondary N) is 1. The first kappa shape index (κ1) is 25.0. The molecule has 0 radical (unpaired) electrons. The first-order valence-corrected chi connectivity index (χ1v) is 12.5. The number of phenols is 1. The molecule has 0 aromatic heterocycles. The molecule has 0 spiro atoms. The summed E-state index contributed by atoms with van der Waals surface area (Å²) in [6, 6.07) is 6.50. The maximum Gasteiger partial charge on any atom is 0.259 e. The summed E-state index contributed by atoms with van der Waals surface area (Å²) in [6.45, 7) is 10.6. The number of fused-ring (bicyclic) bond motifs is 4. The number of nitrogens with zero attached hydrogens (tertiary/aromatic N) is 2. The summed E-state index contributed by atoms with van der Waals surface area (Å²) in [4.78, 5) is 13.5. The van der Waals surface area contributed by atoms with E-state index in [0.29, 0.717) is 47.2 Å². The van der Waals surface area contributed by atoms with Gasteiger partial charge in [0.05, 0.1) is 31.9 Å². The summed E-state index contributed by atoms with van der Waals surface area (Å²) in [5, 5.41) is 20.9. The zero-order valence-corrected chi connectivity index (χ0v) is 21.8. The fraction of sp³-hybridized carbons (Fsp3) is 0.429. The minimum absolute atomic E-state index is 0.112. The van der Waals surface area contributed by atoms with Crippen LogP contribution in [0.1, 0.15) is 43.4 Å². The number of likely N-dealkylation sites (N-methyl/N-ethyl adjacent to an activating group) is 1. The summed E-state index contributed by atoms with van der Waals surface area (Å²) in [7, 11) is 3.15. The topological polar surface area (TPSA) is 102 Å². The molecule has 0 fully saturated rings. The number of benzene rings is 2. The standard InChI is InChI=1S/C28H33N3O6/c1-7-29-15(4)28(33)31-19-13-36-22-12-24(35-6)23(34-5)10-17(22)25(19)26(30-31)16-8-9-20-18(27(16)32)11-21(37-20)14(2)3/h8-10,12,15,19,21,25,29,32H,2,7,11,13H2,1,3-6H3/t15?,19?,21-,25?/m1/s1. The van der Waals surface area contributed by atoms with E-state index < -0.39 is 6.04 Å². The maximum absolute atomic E-state index is 13.5. The fourth-order valence-electron chi connectivity index (χ4n) is 5.33. The number of carbonyl (C=O) groups excluding carboxylic acids is 1. The highest BCUT2D eigenvalue weighted by Gasteiger charge is 2.48. The molecule has 0 aliphatic carbocycles. The van der Waals surface area contributed by atoms with Crippen LogP contribution < -0.4 is 24.3 Å². The fourth-order valence-corrected chi connectivity index (χ4v) is 5.33. The number of amides is 1. The van der Waals surface area contributed by atoms with Crippen molar-refractivity contribution < 1.29 is 28.8 Å². The summed E-state index contributed by atoms with van der Waals surface area (Å²) in [5.74, 6) is 1.97. The lowest BCUT2D eigenvalue weighted by atomic mass is 9.82. The van der Waals surface area contributed by atoms with Crippen LogP contribution in [-0.2, 0) is 11.2 Å². The van der Waals surface area contributed by atoms with Crippen LogP contribution in [-0.4, -0.2) is 67.3 Å². The van der Waals surface area contributed by atoms with Crippen molar-refractivity contribution in [2.75, 3.05) is 27.4 Å². The number of hydrogen-bond donors (Lipinski definition) is 2. The van der Waals surface area contributed by atoms with Crippen LogP contribution in [0.5, 0.6) is 28.7 Å². The lowest BCUT2D eigenvalue weighted by molar-refractivity contribution is -0.135. The zero-order chi connectivity index (χ0) is 26.4. The molecular weight excluding hydrogens is 474 g/mol. The highest BCUT2D eigenvalue weighted by atomic mass is 16.5. The van der Waals surface area contributed by atoms with Crippen molar-refractivity contribution in [3.05, 3.63) is 53.1 Å². The second-order valence-electron chi connectivity index (χ2n) is 9.64. The van der Waals surface area contributed by atoms with Gasteiger partial charge in [0.2, 0.25) is 0 Å². The smallest absolute Gasteiger partial charge is 0.259 e. The Bertz CT molecular complexity index is 1290. The Kier molecular flexibility index (Phi) is 6.49. The maximum atomic E-state index is 13.5. The molecule has 37 heavy (non-hydrogen) atoms. The third-order valence-electron chi connectivity index (χ3n) is 7.30. The summed E-state index contributed by atoms with van der Waals surface area (Å²) < 4.78 is 23.1. The van der Waals surface area contributed by atoms with Gasteiger partial charge < -0.3 is 29.4 Å². The van der Waals surface area contributed by atoms with Crippen LogP contribution in [0.4, 0.5) is 0 Å². The normalized spacial score (nSPS) is 22.1. The zero-order valence-electron chi connectivity index (χ0n) is 21.8. The molecule has 3 unspecified atom stereocenters. The lowest BCUT2D eigenvalue weighted by Crippen LogP contribution is -2.49. The van der Waals surface area contributed by atoms with E-state index in [2.05, 4.69) is 11.9 Å². The molecule has 5 rings (SSSR count). The van der Waals surface area contributed by atoms with Crippen LogP contribution in [0.15, 0.2) is 41.5 Å². The minimum Gasteiger partial charge on any atom is -0.507 e. The Morgan fingerprint density at radius 1 is 1.27 bits per heavy atom. The second-order valence-corrected chi connectivity index (χ2v) is 9.64. The Morgan fingerprint density at radius 2 is 2.00 bits per heavy atom. The van der Waals surface area contributed by atoms with Gasteiger partial charge in [-0.25, -0.2) is 5.01 Å². The molecule has 2 aromatic rings. The Labute approximate surface area is 216 Å². The van der Waals surface area contributed by atoms with Crippen molar-refractivity contribution in [1.29, 1.82) is 0 Å². The van der Waals surface area contributed by atoms with Gasteiger partial charge in [-0.1, -0.05) is 13.5 Å². The number of hydrogen-bond acceptors (Lipinski definition) is 8. The number of aromatic hydroxyl groups is 1. The molecular formula is C28H33N3O6. The first-order chi connectivity index (χ1) is 17.8. The SMILES string of the molecule is C=C(C)[C@H]1Cc2c(ccc(C3=NN(C(=O)C(C)NCC)C4COc5cc(OC)c(OC)cc5C34)c2O)O1. The predicted octanol–water partition coefficient (Wildman–Crippen LogP) is 3.38. The molecule has 1 amide bonds. The number of methoxy groups -OCH3 is 2. The van der Waals surface area contributed by atoms with E-state index in [0.717, 1.165) is 16.7 Å². The van der Waals surface area contributed by atoms with Gasteiger partial charge in [-0.15, -0.1) is 0 Å². The molecule has 0 saturated carbocycles. The second kappa shape index (κ2) is 9.63. The first-order valence-electron chi connectivity index (χ1n) is 12.5. The van der Waals surface area contributed by atoms with Crippen molar-refractivity contribution in [3.8, 4) is 28.7 Å². The highest BCUT2D eigenvalue weighted by molar-refractivity contribution is 6.10. The number of carbonyl (C=O) groups is 1. The minimum atomic E-state index is -0.432. The van der Waals surface area contributed by atoms with Gasteiger partial charge in [0, 0.05) is 29.2 Å². The Hall–Kier alpha value is -3.72. The Morgan fingerprint density at radius 3 is 2.68 bits per heavy atom. The molecule has 2 N–H and O–H groups in total. The lowest BCUT2D eigenvalue weighted by Gasteiger charge is -2.34. The molecule has 0 bridgehead atoms. The Balaban J connectivity index is 1.63. The van der Waals surface area contributed by atoms with Crippen molar-refractivity contribution in [2.24, 2.45) is 5.10 Å². The predicted molar refractivity (Wildman–Crippen MR) is 139 cm³/mol. The van der Waals surface area contributed by atoms with Crippen LogP contribution in [0.2, 0.25) is 0 Å². The van der Waals surface area contributed by atoms with E-state index >= 15 is 0 Å². The van der Waals surface area contributed by atoms with E-state index in [1.54, 1.807) is 20.3 Å². The van der Waals surface area contributed by atoms with Crippen molar-refractivity contribution in [3.63, 3.8) is 0 Å². The molecule has 9 heteroatoms. The van der Waals surface area contributed by atoms with Crippen molar-refractivity contribution in [2.45, 2.75) is 51.3 Å². The third-order valence-corrected chi connectivity index (χ3v) is 7.30. The van der Waals surface area contributed by atoms with E-state index in [-0.39, 0.29) is 36.3 Å². The summed E-state index contributed by atoms with van der Waals surface area (Å²) in [5.41, 5.74) is 3.58. The van der Waals surface area contributed by atoms with Gasteiger partial charge in [-0.05, 0) is 44.2 Å². The molecule has 2 aromatic carbocycles. The third kappa shape index (κ3) is 4.07. The van der Waals surface area contributed by atoms with Crippen molar-refractivity contribution in [1.82, 2.24) is 10.3 Å². The largest absolute Gasteiger partial charge is 0.507 e. The molecule has 3 aliphatic rings. The van der Waals surface area contributed by atoms with Gasteiger partial charge in [-0.3, -0.25) is 4.79 Å². The molecule has 0 saturated heterocycles. The van der Waals surface area contributed by atoms with Gasteiger partial charge in [0.1, 0.15) is 36.0 Å². The van der Waals surface area contributed by atoms with E-state index in [1.807, 2.05) is 39.0 Å². The van der Waals surface area contributed by atoms with Gasteiger partial charge in [0.15, 0.2) is 11.5 Å². The van der Waals surface area contributed by atoms with Crippen LogP contribution in [0, 0.1) is 0 Å². The number of phenolic OH excluding ortho intramolecular Hbond substituents is 1. The van der Waals surface area contributed by atoms with Crippen LogP contribution in [0.3, 0.4) is 0 Å². The highest BCUT2D eigenvalue weighted by Crippen LogP contribution is 2.49. The average Bonchev–Trinajstić information content (AvgIpc) is 3.51. The van der Waals surface area contributed by atoms with E-state index in [1.165, 1.54) is 5.01 Å². The van der Waals surface area contributed by atoms with Gasteiger partial charge >= 0.3 is 0 Å². The van der Waals surface area contributed by atoms with E-state index in [9.17, 15) is 9.90 Å². The molecule has 196 valence electrons. The number of rotatable bonds is 7. The average molecular weight is 508 g/mol. The molecule has 3 aliphatic heterocycles. The van der Waals surface area contributed by atoms with Crippen molar-refractivity contribution >= 4 is 11.6 Å². The quantitative estimate of drug-likeness (QED) is 0.554. The van der Waals surface area contributed by atoms with Gasteiger partial charge in [-0.2, -0.15) is 5.10 Å². The number of hydrazone groups is 1.